The number of benzene rings is 1. The van der Waals surface area contributed by atoms with Crippen LogP contribution in [0.25, 0.3) is 6.08 Å². The van der Waals surface area contributed by atoms with Gasteiger partial charge in [-0.05, 0) is 68.4 Å². The molecule has 1 unspecified atom stereocenters. The van der Waals surface area contributed by atoms with Crippen LogP contribution in [-0.4, -0.2) is 49.2 Å². The second kappa shape index (κ2) is 7.99. The molecule has 0 aromatic heterocycles. The van der Waals surface area contributed by atoms with Gasteiger partial charge in [0.25, 0.3) is 0 Å². The number of sulfonamides is 1. The fourth-order valence-corrected chi connectivity index (χ4v) is 6.18. The van der Waals surface area contributed by atoms with E-state index in [0.29, 0.717) is 24.4 Å². The van der Waals surface area contributed by atoms with Crippen molar-refractivity contribution in [1.82, 2.24) is 9.21 Å². The highest BCUT2D eigenvalue weighted by atomic mass is 32.2. The molecule has 2 saturated heterocycles. The average molecular weight is 403 g/mol. The lowest BCUT2D eigenvalue weighted by molar-refractivity contribution is -0.130. The molecule has 4 rings (SSSR count). The fourth-order valence-electron chi connectivity index (χ4n) is 4.63. The first kappa shape index (κ1) is 19.6. The molecule has 1 aromatic rings. The number of hydrogen-bond acceptors (Lipinski definition) is 3. The zero-order valence-electron chi connectivity index (χ0n) is 16.7. The van der Waals surface area contributed by atoms with Crippen LogP contribution < -0.4 is 0 Å². The summed E-state index contributed by atoms with van der Waals surface area (Å²) in [5.41, 5.74) is 2.71. The van der Waals surface area contributed by atoms with Gasteiger partial charge in [-0.25, -0.2) is 8.42 Å². The van der Waals surface area contributed by atoms with Crippen LogP contribution in [0.1, 0.15) is 63.0 Å². The lowest BCUT2D eigenvalue weighted by Gasteiger charge is -2.33. The molecule has 1 atom stereocenters. The maximum atomic E-state index is 13.1. The molecule has 28 heavy (non-hydrogen) atoms. The average Bonchev–Trinajstić information content (AvgIpc) is 2.91. The number of hydrogen-bond donors (Lipinski definition) is 0. The highest BCUT2D eigenvalue weighted by Crippen LogP contribution is 2.31. The molecule has 0 saturated carbocycles. The Balaban J connectivity index is 1.56. The summed E-state index contributed by atoms with van der Waals surface area (Å²) in [4.78, 5) is 15.3. The van der Waals surface area contributed by atoms with Gasteiger partial charge >= 0.3 is 0 Å². The van der Waals surface area contributed by atoms with Crippen LogP contribution in [0.3, 0.4) is 0 Å². The standard InChI is InChI=1S/C22H30N2O3S/c1-17-8-4-7-13-24(17)22(25)20-14-18-9-10-21(16-19(18)15-20)28(26,27)23-11-5-2-3-6-12-23/h9-10,15-17H,2-8,11-14H2,1H3. The largest absolute Gasteiger partial charge is 0.336 e. The Kier molecular flexibility index (Phi) is 5.61. The molecule has 1 aliphatic carbocycles. The van der Waals surface area contributed by atoms with Crippen LogP contribution in [0.4, 0.5) is 0 Å². The predicted molar refractivity (Wildman–Crippen MR) is 110 cm³/mol. The summed E-state index contributed by atoms with van der Waals surface area (Å²) in [5, 5.41) is 0. The first-order valence-corrected chi connectivity index (χ1v) is 12.1. The fraction of sp³-hybridized carbons (Fsp3) is 0.591. The lowest BCUT2D eigenvalue weighted by atomic mass is 10.0. The Hall–Kier alpha value is -1.66. The van der Waals surface area contributed by atoms with Crippen LogP contribution in [0.15, 0.2) is 28.7 Å². The molecular weight excluding hydrogens is 372 g/mol. The molecule has 1 amide bonds. The Bertz CT molecular complexity index is 883. The number of piperidine rings is 1. The van der Waals surface area contributed by atoms with Gasteiger partial charge in [-0.1, -0.05) is 18.9 Å². The zero-order valence-corrected chi connectivity index (χ0v) is 17.5. The highest BCUT2D eigenvalue weighted by Gasteiger charge is 2.30. The minimum absolute atomic E-state index is 0.111. The summed E-state index contributed by atoms with van der Waals surface area (Å²) in [6.07, 6.45) is 9.86. The summed E-state index contributed by atoms with van der Waals surface area (Å²) in [7, 11) is -3.47. The summed E-state index contributed by atoms with van der Waals surface area (Å²) in [6.45, 7) is 4.14. The summed E-state index contributed by atoms with van der Waals surface area (Å²) in [6, 6.07) is 5.64. The lowest BCUT2D eigenvalue weighted by Crippen LogP contribution is -2.42. The minimum atomic E-state index is -3.47. The van der Waals surface area contributed by atoms with Crippen molar-refractivity contribution >= 4 is 22.0 Å². The van der Waals surface area contributed by atoms with Crippen molar-refractivity contribution in [2.45, 2.75) is 69.2 Å². The maximum absolute atomic E-state index is 13.1. The molecule has 0 radical (unpaired) electrons. The highest BCUT2D eigenvalue weighted by molar-refractivity contribution is 7.89. The molecule has 2 heterocycles. The summed E-state index contributed by atoms with van der Waals surface area (Å²) >= 11 is 0. The predicted octanol–water partition coefficient (Wildman–Crippen LogP) is 3.59. The molecule has 2 aliphatic heterocycles. The van der Waals surface area contributed by atoms with Crippen LogP contribution in [0.2, 0.25) is 0 Å². The minimum Gasteiger partial charge on any atom is -0.336 e. The van der Waals surface area contributed by atoms with E-state index >= 15 is 0 Å². The van der Waals surface area contributed by atoms with Gasteiger partial charge in [0, 0.05) is 37.7 Å². The first-order chi connectivity index (χ1) is 13.5. The van der Waals surface area contributed by atoms with E-state index in [2.05, 4.69) is 6.92 Å². The normalized spacial score (nSPS) is 23.8. The molecule has 3 aliphatic rings. The molecule has 6 heteroatoms. The zero-order chi connectivity index (χ0) is 19.7. The molecular formula is C22H30N2O3S. The van der Waals surface area contributed by atoms with Crippen LogP contribution in [-0.2, 0) is 21.2 Å². The van der Waals surface area contributed by atoms with Crippen molar-refractivity contribution in [3.05, 3.63) is 34.9 Å². The van der Waals surface area contributed by atoms with E-state index in [9.17, 15) is 13.2 Å². The van der Waals surface area contributed by atoms with Gasteiger partial charge in [0.1, 0.15) is 0 Å². The number of rotatable bonds is 3. The van der Waals surface area contributed by atoms with E-state index < -0.39 is 10.0 Å². The number of nitrogens with zero attached hydrogens (tertiary/aromatic N) is 2. The monoisotopic (exact) mass is 402 g/mol. The van der Waals surface area contributed by atoms with Crippen molar-refractivity contribution in [2.75, 3.05) is 19.6 Å². The summed E-state index contributed by atoms with van der Waals surface area (Å²) in [5.74, 6) is 0.111. The number of fused-ring (bicyclic) bond motifs is 1. The second-order valence-electron chi connectivity index (χ2n) is 8.37. The van der Waals surface area contributed by atoms with Gasteiger partial charge in [-0.2, -0.15) is 4.31 Å². The Morgan fingerprint density at radius 2 is 1.71 bits per heavy atom. The quantitative estimate of drug-likeness (QED) is 0.776. The third kappa shape index (κ3) is 3.77. The molecule has 5 nitrogen and oxygen atoms in total. The van der Waals surface area contributed by atoms with Crippen molar-refractivity contribution in [3.63, 3.8) is 0 Å². The van der Waals surface area contributed by atoms with Crippen molar-refractivity contribution in [3.8, 4) is 0 Å². The molecule has 2 fully saturated rings. The number of amides is 1. The number of carbonyl (C=O) groups excluding carboxylic acids is 1. The summed E-state index contributed by atoms with van der Waals surface area (Å²) < 4.78 is 27.8. The van der Waals surface area contributed by atoms with E-state index in [4.69, 9.17) is 0 Å². The van der Waals surface area contributed by atoms with Gasteiger partial charge in [0.15, 0.2) is 0 Å². The molecule has 0 N–H and O–H groups in total. The van der Waals surface area contributed by atoms with Gasteiger partial charge in [0.05, 0.1) is 4.90 Å². The molecule has 0 spiro atoms. The first-order valence-electron chi connectivity index (χ1n) is 10.6. The van der Waals surface area contributed by atoms with E-state index in [1.165, 1.54) is 6.42 Å². The van der Waals surface area contributed by atoms with Gasteiger partial charge in [-0.15, -0.1) is 0 Å². The van der Waals surface area contributed by atoms with Gasteiger partial charge in [-0.3, -0.25) is 4.79 Å². The third-order valence-electron chi connectivity index (χ3n) is 6.37. The van der Waals surface area contributed by atoms with Crippen molar-refractivity contribution < 1.29 is 13.2 Å². The maximum Gasteiger partial charge on any atom is 0.250 e. The van der Waals surface area contributed by atoms with E-state index in [-0.39, 0.29) is 11.9 Å². The number of likely N-dealkylation sites (tertiary alicyclic amines) is 1. The Morgan fingerprint density at radius 3 is 2.43 bits per heavy atom. The second-order valence-corrected chi connectivity index (χ2v) is 10.3. The van der Waals surface area contributed by atoms with E-state index in [1.807, 2.05) is 17.0 Å². The van der Waals surface area contributed by atoms with E-state index in [0.717, 1.165) is 61.8 Å². The van der Waals surface area contributed by atoms with Crippen molar-refractivity contribution in [2.24, 2.45) is 0 Å². The SMILES string of the molecule is CC1CCCCN1C(=O)C1=Cc2cc(S(=O)(=O)N3CCCCCC3)ccc2C1. The van der Waals surface area contributed by atoms with Crippen LogP contribution >= 0.6 is 0 Å². The Labute approximate surface area is 168 Å². The smallest absolute Gasteiger partial charge is 0.250 e. The Morgan fingerprint density at radius 1 is 1.00 bits per heavy atom. The van der Waals surface area contributed by atoms with Crippen LogP contribution in [0.5, 0.6) is 0 Å². The molecule has 1 aromatic carbocycles. The van der Waals surface area contributed by atoms with Crippen molar-refractivity contribution in [1.29, 1.82) is 0 Å². The number of carbonyl (C=O) groups is 1. The van der Waals surface area contributed by atoms with Crippen LogP contribution in [0, 0.1) is 0 Å². The topological polar surface area (TPSA) is 57.7 Å². The van der Waals surface area contributed by atoms with Gasteiger partial charge in [0.2, 0.25) is 15.9 Å². The third-order valence-corrected chi connectivity index (χ3v) is 8.26. The molecule has 0 bridgehead atoms. The molecule has 152 valence electrons. The van der Waals surface area contributed by atoms with Gasteiger partial charge < -0.3 is 4.90 Å². The van der Waals surface area contributed by atoms with E-state index in [1.54, 1.807) is 16.4 Å².